The van der Waals surface area contributed by atoms with Crippen LogP contribution in [0.1, 0.15) is 5.56 Å². The molecule has 118 valence electrons. The second-order valence-electron chi connectivity index (χ2n) is 5.15. The van der Waals surface area contributed by atoms with Crippen molar-refractivity contribution in [1.82, 2.24) is 14.8 Å². The van der Waals surface area contributed by atoms with Gasteiger partial charge in [-0.3, -0.25) is 4.68 Å². The minimum absolute atomic E-state index is 0.215. The molecular formula is C17H18FN5. The van der Waals surface area contributed by atoms with E-state index >= 15 is 0 Å². The third kappa shape index (κ3) is 4.54. The van der Waals surface area contributed by atoms with Crippen molar-refractivity contribution in [2.24, 2.45) is 0 Å². The zero-order valence-electron chi connectivity index (χ0n) is 12.6. The molecule has 0 unspecified atom stereocenters. The molecule has 0 radical (unpaired) electrons. The second-order valence-corrected chi connectivity index (χ2v) is 5.15. The van der Waals surface area contributed by atoms with E-state index in [1.807, 2.05) is 24.3 Å². The van der Waals surface area contributed by atoms with Crippen molar-refractivity contribution in [1.29, 1.82) is 0 Å². The summed E-state index contributed by atoms with van der Waals surface area (Å²) in [4.78, 5) is 3.91. The van der Waals surface area contributed by atoms with Gasteiger partial charge in [0.15, 0.2) is 0 Å². The zero-order chi connectivity index (χ0) is 15.9. The van der Waals surface area contributed by atoms with Gasteiger partial charge in [0.2, 0.25) is 0 Å². The van der Waals surface area contributed by atoms with Crippen molar-refractivity contribution in [3.63, 3.8) is 0 Å². The molecule has 0 aliphatic rings. The summed E-state index contributed by atoms with van der Waals surface area (Å²) in [5, 5.41) is 10.7. The first kappa shape index (κ1) is 15.0. The van der Waals surface area contributed by atoms with Crippen LogP contribution in [-0.4, -0.2) is 21.3 Å². The first-order valence-corrected chi connectivity index (χ1v) is 7.44. The van der Waals surface area contributed by atoms with Gasteiger partial charge in [0, 0.05) is 24.5 Å². The number of aromatic nitrogens is 3. The highest BCUT2D eigenvalue weighted by Crippen LogP contribution is 2.16. The molecule has 0 saturated heterocycles. The van der Waals surface area contributed by atoms with Crippen molar-refractivity contribution in [3.8, 4) is 0 Å². The largest absolute Gasteiger partial charge is 0.383 e. The van der Waals surface area contributed by atoms with Gasteiger partial charge in [-0.15, -0.1) is 0 Å². The molecule has 2 N–H and O–H groups in total. The van der Waals surface area contributed by atoms with E-state index in [-0.39, 0.29) is 5.82 Å². The highest BCUT2D eigenvalue weighted by Gasteiger charge is 1.98. The van der Waals surface area contributed by atoms with Gasteiger partial charge >= 0.3 is 0 Å². The summed E-state index contributed by atoms with van der Waals surface area (Å²) >= 11 is 0. The maximum Gasteiger partial charge on any atom is 0.137 e. The molecule has 5 nitrogen and oxygen atoms in total. The summed E-state index contributed by atoms with van der Waals surface area (Å²) in [6.45, 7) is 2.18. The fourth-order valence-electron chi connectivity index (χ4n) is 2.21. The number of halogens is 1. The number of benzene rings is 2. The van der Waals surface area contributed by atoms with E-state index in [9.17, 15) is 4.39 Å². The minimum atomic E-state index is -0.215. The second kappa shape index (κ2) is 7.40. The Balaban J connectivity index is 1.51. The summed E-state index contributed by atoms with van der Waals surface area (Å²) in [5.74, 6) is -0.215. The summed E-state index contributed by atoms with van der Waals surface area (Å²) in [6.07, 6.45) is 3.22. The Hall–Kier alpha value is -2.89. The molecule has 0 spiro atoms. The molecule has 1 heterocycles. The van der Waals surface area contributed by atoms with E-state index in [1.165, 1.54) is 18.5 Å². The lowest BCUT2D eigenvalue weighted by atomic mass is 10.2. The van der Waals surface area contributed by atoms with Gasteiger partial charge in [0.1, 0.15) is 18.5 Å². The van der Waals surface area contributed by atoms with Crippen molar-refractivity contribution < 1.29 is 4.39 Å². The highest BCUT2D eigenvalue weighted by molar-refractivity contribution is 5.56. The third-order valence-corrected chi connectivity index (χ3v) is 3.41. The summed E-state index contributed by atoms with van der Waals surface area (Å²) in [6, 6.07) is 14.6. The van der Waals surface area contributed by atoms with Crippen LogP contribution in [0, 0.1) is 5.82 Å². The van der Waals surface area contributed by atoms with E-state index < -0.39 is 0 Å². The predicted octanol–water partition coefficient (Wildman–Crippen LogP) is 3.14. The van der Waals surface area contributed by atoms with Crippen LogP contribution in [0.4, 0.5) is 15.8 Å². The molecule has 3 rings (SSSR count). The van der Waals surface area contributed by atoms with Crippen LogP contribution in [0.2, 0.25) is 0 Å². The Bertz CT molecular complexity index is 725. The average Bonchev–Trinajstić information content (AvgIpc) is 3.08. The standard InChI is InChI=1S/C17H18FN5/c18-15-6-4-14(5-7-15)11-21-17-3-1-2-16(10-17)20-8-9-23-13-19-12-22-23/h1-7,10,12-13,20-21H,8-9,11H2. The Morgan fingerprint density at radius 3 is 2.52 bits per heavy atom. The fraction of sp³-hybridized carbons (Fsp3) is 0.176. The first-order valence-electron chi connectivity index (χ1n) is 7.44. The Kier molecular flexibility index (Phi) is 4.83. The van der Waals surface area contributed by atoms with Gasteiger partial charge in [-0.05, 0) is 35.9 Å². The summed E-state index contributed by atoms with van der Waals surface area (Å²) in [7, 11) is 0. The van der Waals surface area contributed by atoms with Gasteiger partial charge in [0.25, 0.3) is 0 Å². The number of hydrogen-bond acceptors (Lipinski definition) is 4. The van der Waals surface area contributed by atoms with Crippen molar-refractivity contribution in [2.75, 3.05) is 17.2 Å². The van der Waals surface area contributed by atoms with Crippen molar-refractivity contribution in [2.45, 2.75) is 13.1 Å². The lowest BCUT2D eigenvalue weighted by Gasteiger charge is -2.10. The van der Waals surface area contributed by atoms with Crippen LogP contribution in [0.3, 0.4) is 0 Å². The number of hydrogen-bond donors (Lipinski definition) is 2. The number of anilines is 2. The van der Waals surface area contributed by atoms with E-state index in [4.69, 9.17) is 0 Å². The molecule has 0 bridgehead atoms. The van der Waals surface area contributed by atoms with Crippen LogP contribution in [0.25, 0.3) is 0 Å². The third-order valence-electron chi connectivity index (χ3n) is 3.41. The van der Waals surface area contributed by atoms with Crippen LogP contribution < -0.4 is 10.6 Å². The number of nitrogens with one attached hydrogen (secondary N) is 2. The number of rotatable bonds is 7. The fourth-order valence-corrected chi connectivity index (χ4v) is 2.21. The van der Waals surface area contributed by atoms with Crippen LogP contribution in [-0.2, 0) is 13.1 Å². The van der Waals surface area contributed by atoms with E-state index in [1.54, 1.807) is 23.1 Å². The van der Waals surface area contributed by atoms with Crippen LogP contribution >= 0.6 is 0 Å². The van der Waals surface area contributed by atoms with Gasteiger partial charge < -0.3 is 10.6 Å². The Morgan fingerprint density at radius 2 is 1.78 bits per heavy atom. The molecule has 0 saturated carbocycles. The van der Waals surface area contributed by atoms with E-state index in [0.29, 0.717) is 6.54 Å². The molecule has 0 atom stereocenters. The maximum atomic E-state index is 12.9. The molecule has 0 fully saturated rings. The first-order chi connectivity index (χ1) is 11.3. The molecule has 0 aliphatic carbocycles. The van der Waals surface area contributed by atoms with E-state index in [0.717, 1.165) is 30.0 Å². The highest BCUT2D eigenvalue weighted by atomic mass is 19.1. The topological polar surface area (TPSA) is 54.8 Å². The lowest BCUT2D eigenvalue weighted by Crippen LogP contribution is -2.11. The maximum absolute atomic E-state index is 12.9. The molecule has 23 heavy (non-hydrogen) atoms. The van der Waals surface area contributed by atoms with Crippen molar-refractivity contribution in [3.05, 3.63) is 72.6 Å². The van der Waals surface area contributed by atoms with E-state index in [2.05, 4.69) is 20.7 Å². The Morgan fingerprint density at radius 1 is 1.00 bits per heavy atom. The minimum Gasteiger partial charge on any atom is -0.383 e. The van der Waals surface area contributed by atoms with Gasteiger partial charge in [0.05, 0.1) is 6.54 Å². The average molecular weight is 311 g/mol. The lowest BCUT2D eigenvalue weighted by molar-refractivity contribution is 0.627. The quantitative estimate of drug-likeness (QED) is 0.704. The monoisotopic (exact) mass is 311 g/mol. The van der Waals surface area contributed by atoms with Gasteiger partial charge in [-0.25, -0.2) is 9.37 Å². The Labute approximate surface area is 134 Å². The summed E-state index contributed by atoms with van der Waals surface area (Å²) < 4.78 is 14.7. The van der Waals surface area contributed by atoms with Crippen LogP contribution in [0.5, 0.6) is 0 Å². The summed E-state index contributed by atoms with van der Waals surface area (Å²) in [5.41, 5.74) is 3.09. The zero-order valence-corrected chi connectivity index (χ0v) is 12.6. The van der Waals surface area contributed by atoms with Crippen LogP contribution in [0.15, 0.2) is 61.2 Å². The molecule has 1 aromatic heterocycles. The SMILES string of the molecule is Fc1ccc(CNc2cccc(NCCn3cncn3)c2)cc1. The van der Waals surface area contributed by atoms with Gasteiger partial charge in [-0.2, -0.15) is 5.10 Å². The molecule has 0 aliphatic heterocycles. The van der Waals surface area contributed by atoms with Gasteiger partial charge in [-0.1, -0.05) is 18.2 Å². The molecule has 6 heteroatoms. The molecule has 0 amide bonds. The molecule has 3 aromatic rings. The normalized spacial score (nSPS) is 10.5. The smallest absolute Gasteiger partial charge is 0.137 e. The van der Waals surface area contributed by atoms with Crippen molar-refractivity contribution >= 4 is 11.4 Å². The molecular weight excluding hydrogens is 293 g/mol. The molecule has 2 aromatic carbocycles. The predicted molar refractivity (Wildman–Crippen MR) is 88.7 cm³/mol. The number of nitrogens with zero attached hydrogens (tertiary/aromatic N) is 3.